The number of nitrogens with zero attached hydrogens (tertiary/aromatic N) is 2. The maximum atomic E-state index is 11.4. The van der Waals surface area contributed by atoms with Crippen molar-refractivity contribution in [1.29, 1.82) is 0 Å². The first kappa shape index (κ1) is 12.9. The van der Waals surface area contributed by atoms with Crippen LogP contribution in [0.25, 0.3) is 11.5 Å². The van der Waals surface area contributed by atoms with Crippen LogP contribution >= 0.6 is 0 Å². The van der Waals surface area contributed by atoms with Crippen molar-refractivity contribution in [3.8, 4) is 17.2 Å². The van der Waals surface area contributed by atoms with Crippen LogP contribution in [-0.2, 0) is 4.74 Å². The zero-order chi connectivity index (χ0) is 13.8. The number of carbonyl (C=O) groups is 1. The third-order valence-electron chi connectivity index (χ3n) is 2.34. The number of carbonyl (C=O) groups excluding carboxylic acids is 1. The molecule has 7 nitrogen and oxygen atoms in total. The average Bonchev–Trinajstić information content (AvgIpc) is 2.88. The molecule has 2 rings (SSSR count). The van der Waals surface area contributed by atoms with Crippen LogP contribution in [0.4, 0.5) is 5.69 Å². The molecule has 0 radical (unpaired) electrons. The first-order valence-electron chi connectivity index (χ1n) is 5.60. The number of nitrogens with two attached hydrogens (primary N) is 1. The third kappa shape index (κ3) is 2.65. The van der Waals surface area contributed by atoms with E-state index in [4.69, 9.17) is 19.7 Å². The molecule has 0 bridgehead atoms. The lowest BCUT2D eigenvalue weighted by Crippen LogP contribution is -2.06. The van der Waals surface area contributed by atoms with Gasteiger partial charge in [0.25, 0.3) is 11.7 Å². The van der Waals surface area contributed by atoms with Gasteiger partial charge in [-0.25, -0.2) is 4.79 Å². The van der Waals surface area contributed by atoms with Crippen molar-refractivity contribution in [2.45, 2.75) is 6.92 Å². The summed E-state index contributed by atoms with van der Waals surface area (Å²) in [5.41, 5.74) is 6.76. The molecule has 0 saturated heterocycles. The molecule has 0 saturated carbocycles. The Kier molecular flexibility index (Phi) is 3.65. The van der Waals surface area contributed by atoms with Gasteiger partial charge in [-0.15, -0.1) is 0 Å². The Morgan fingerprint density at radius 3 is 2.95 bits per heavy atom. The second kappa shape index (κ2) is 5.38. The van der Waals surface area contributed by atoms with E-state index in [2.05, 4.69) is 10.1 Å². The zero-order valence-corrected chi connectivity index (χ0v) is 10.5. The highest BCUT2D eigenvalue weighted by Crippen LogP contribution is 2.30. The van der Waals surface area contributed by atoms with E-state index in [0.29, 0.717) is 17.0 Å². The van der Waals surface area contributed by atoms with E-state index in [1.807, 2.05) is 0 Å². The Morgan fingerprint density at radius 1 is 1.47 bits per heavy atom. The molecule has 0 spiro atoms. The van der Waals surface area contributed by atoms with E-state index in [-0.39, 0.29) is 18.3 Å². The van der Waals surface area contributed by atoms with Gasteiger partial charge in [-0.2, -0.15) is 4.98 Å². The molecule has 2 aromatic rings. The molecule has 0 amide bonds. The quantitative estimate of drug-likeness (QED) is 0.658. The van der Waals surface area contributed by atoms with E-state index in [1.165, 1.54) is 7.11 Å². The summed E-state index contributed by atoms with van der Waals surface area (Å²) in [5, 5.41) is 3.56. The van der Waals surface area contributed by atoms with Crippen molar-refractivity contribution in [1.82, 2.24) is 10.1 Å². The van der Waals surface area contributed by atoms with Gasteiger partial charge in [0, 0.05) is 11.8 Å². The van der Waals surface area contributed by atoms with Crippen LogP contribution in [0.5, 0.6) is 5.75 Å². The number of esters is 1. The lowest BCUT2D eigenvalue weighted by atomic mass is 10.2. The predicted molar refractivity (Wildman–Crippen MR) is 66.7 cm³/mol. The molecule has 19 heavy (non-hydrogen) atoms. The molecule has 0 unspecified atom stereocenters. The maximum absolute atomic E-state index is 11.4. The Hall–Kier alpha value is -2.57. The lowest BCUT2D eigenvalue weighted by Gasteiger charge is -2.05. The first-order valence-corrected chi connectivity index (χ1v) is 5.60. The standard InChI is InChI=1S/C12H13N3O4/c1-3-18-12(16)10-14-11(19-15-10)8-5-4-7(13)6-9(8)17-2/h4-6H,3,13H2,1-2H3. The summed E-state index contributed by atoms with van der Waals surface area (Å²) in [7, 11) is 1.50. The van der Waals surface area contributed by atoms with Crippen LogP contribution in [0.3, 0.4) is 0 Å². The van der Waals surface area contributed by atoms with Gasteiger partial charge < -0.3 is 19.7 Å². The number of hydrogen-bond acceptors (Lipinski definition) is 7. The van der Waals surface area contributed by atoms with Crippen molar-refractivity contribution in [3.63, 3.8) is 0 Å². The lowest BCUT2D eigenvalue weighted by molar-refractivity contribution is 0.0508. The van der Waals surface area contributed by atoms with Gasteiger partial charge in [0.1, 0.15) is 5.75 Å². The van der Waals surface area contributed by atoms with Crippen LogP contribution in [0.1, 0.15) is 17.5 Å². The normalized spacial score (nSPS) is 10.2. The van der Waals surface area contributed by atoms with Crippen LogP contribution in [0.15, 0.2) is 22.7 Å². The molecule has 0 fully saturated rings. The second-order valence-electron chi connectivity index (χ2n) is 3.60. The van der Waals surface area contributed by atoms with Gasteiger partial charge >= 0.3 is 5.97 Å². The van der Waals surface area contributed by atoms with Crippen molar-refractivity contribution in [2.24, 2.45) is 0 Å². The highest BCUT2D eigenvalue weighted by Gasteiger charge is 2.19. The summed E-state index contributed by atoms with van der Waals surface area (Å²) < 4.78 is 15.0. The van der Waals surface area contributed by atoms with E-state index in [0.717, 1.165) is 0 Å². The molecule has 100 valence electrons. The van der Waals surface area contributed by atoms with Crippen molar-refractivity contribution >= 4 is 11.7 Å². The number of anilines is 1. The Morgan fingerprint density at radius 2 is 2.26 bits per heavy atom. The number of hydrogen-bond donors (Lipinski definition) is 1. The number of benzene rings is 1. The van der Waals surface area contributed by atoms with E-state index in [9.17, 15) is 4.79 Å². The number of rotatable bonds is 4. The van der Waals surface area contributed by atoms with Crippen LogP contribution in [0, 0.1) is 0 Å². The van der Waals surface area contributed by atoms with Gasteiger partial charge in [0.05, 0.1) is 19.3 Å². The SMILES string of the molecule is CCOC(=O)c1noc(-c2ccc(N)cc2OC)n1. The number of methoxy groups -OCH3 is 1. The Balaban J connectivity index is 2.35. The molecule has 1 aromatic carbocycles. The number of nitrogen functional groups attached to an aromatic ring is 1. The van der Waals surface area contributed by atoms with Crippen LogP contribution in [-0.4, -0.2) is 29.8 Å². The highest BCUT2D eigenvalue weighted by atomic mass is 16.5. The predicted octanol–water partition coefficient (Wildman–Crippen LogP) is 1.50. The van der Waals surface area contributed by atoms with E-state index < -0.39 is 5.97 Å². The summed E-state index contributed by atoms with van der Waals surface area (Å²) in [6.07, 6.45) is 0. The maximum Gasteiger partial charge on any atom is 0.379 e. The first-order chi connectivity index (χ1) is 9.15. The van der Waals surface area contributed by atoms with E-state index in [1.54, 1.807) is 25.1 Å². The van der Waals surface area contributed by atoms with Crippen molar-refractivity contribution in [3.05, 3.63) is 24.0 Å². The largest absolute Gasteiger partial charge is 0.496 e. The van der Waals surface area contributed by atoms with Gasteiger partial charge in [0.15, 0.2) is 0 Å². The van der Waals surface area contributed by atoms with Gasteiger partial charge in [-0.05, 0) is 24.2 Å². The molecule has 1 aromatic heterocycles. The second-order valence-corrected chi connectivity index (χ2v) is 3.60. The number of aromatic nitrogens is 2. The fourth-order valence-electron chi connectivity index (χ4n) is 1.50. The average molecular weight is 263 g/mol. The summed E-state index contributed by atoms with van der Waals surface area (Å²) in [6.45, 7) is 1.94. The molecule has 7 heteroatoms. The minimum absolute atomic E-state index is 0.129. The summed E-state index contributed by atoms with van der Waals surface area (Å²) >= 11 is 0. The smallest absolute Gasteiger partial charge is 0.379 e. The van der Waals surface area contributed by atoms with Crippen LogP contribution < -0.4 is 10.5 Å². The Labute approximate surface area is 109 Å². The Bertz CT molecular complexity index is 594. The summed E-state index contributed by atoms with van der Waals surface area (Å²) in [4.78, 5) is 15.4. The van der Waals surface area contributed by atoms with Gasteiger partial charge in [-0.3, -0.25) is 0 Å². The van der Waals surface area contributed by atoms with Gasteiger partial charge in [0.2, 0.25) is 0 Å². The topological polar surface area (TPSA) is 100 Å². The highest BCUT2D eigenvalue weighted by molar-refractivity contribution is 5.85. The van der Waals surface area contributed by atoms with E-state index >= 15 is 0 Å². The molecule has 0 atom stereocenters. The minimum atomic E-state index is -0.632. The molecular formula is C12H13N3O4. The van der Waals surface area contributed by atoms with Crippen LogP contribution in [0.2, 0.25) is 0 Å². The summed E-state index contributed by atoms with van der Waals surface area (Å²) in [5.74, 6) is -0.110. The monoisotopic (exact) mass is 263 g/mol. The molecular weight excluding hydrogens is 250 g/mol. The zero-order valence-electron chi connectivity index (χ0n) is 10.5. The molecule has 0 aliphatic carbocycles. The molecule has 0 aliphatic heterocycles. The van der Waals surface area contributed by atoms with Crippen molar-refractivity contribution in [2.75, 3.05) is 19.5 Å². The molecule has 1 heterocycles. The third-order valence-corrected chi connectivity index (χ3v) is 2.34. The fourth-order valence-corrected chi connectivity index (χ4v) is 1.50. The molecule has 2 N–H and O–H groups in total. The van der Waals surface area contributed by atoms with Gasteiger partial charge in [-0.1, -0.05) is 0 Å². The van der Waals surface area contributed by atoms with Crippen molar-refractivity contribution < 1.29 is 18.8 Å². The molecule has 0 aliphatic rings. The summed E-state index contributed by atoms with van der Waals surface area (Å²) in [6, 6.07) is 4.98. The minimum Gasteiger partial charge on any atom is -0.496 e. The fraction of sp³-hybridized carbons (Fsp3) is 0.250. The number of ether oxygens (including phenoxy) is 2.